The van der Waals surface area contributed by atoms with Gasteiger partial charge in [-0.15, -0.1) is 11.8 Å². The Balaban J connectivity index is 2.16. The maximum Gasteiger partial charge on any atom is 0.00718 e. The Hall–Kier alpha value is -1.21. The number of thioether (sulfide) groups is 1. The maximum absolute atomic E-state index is 2.31. The Labute approximate surface area is 114 Å². The van der Waals surface area contributed by atoms with Crippen LogP contribution in [0.4, 0.5) is 0 Å². The minimum absolute atomic E-state index is 0.573. The highest BCUT2D eigenvalue weighted by molar-refractivity contribution is 7.98. The molecule has 0 aliphatic carbocycles. The van der Waals surface area contributed by atoms with Crippen molar-refractivity contribution in [1.29, 1.82) is 0 Å². The molecule has 0 N–H and O–H groups in total. The molecule has 0 aliphatic heterocycles. The van der Waals surface area contributed by atoms with E-state index in [0.29, 0.717) is 5.92 Å². The van der Waals surface area contributed by atoms with Gasteiger partial charge in [-0.05, 0) is 54.3 Å². The Morgan fingerprint density at radius 2 is 1.83 bits per heavy atom. The second-order valence-electron chi connectivity index (χ2n) is 4.81. The highest BCUT2D eigenvalue weighted by Crippen LogP contribution is 2.25. The second-order valence-corrected chi connectivity index (χ2v) is 5.69. The van der Waals surface area contributed by atoms with E-state index >= 15 is 0 Å². The van der Waals surface area contributed by atoms with Crippen LogP contribution < -0.4 is 0 Å². The van der Waals surface area contributed by atoms with Crippen LogP contribution >= 0.6 is 11.8 Å². The number of rotatable bonds is 4. The largest absolute Gasteiger partial charge is 0.130 e. The van der Waals surface area contributed by atoms with Gasteiger partial charge in [-0.1, -0.05) is 43.3 Å². The zero-order valence-electron chi connectivity index (χ0n) is 11.3. The number of aryl methyl sites for hydroxylation is 1. The average Bonchev–Trinajstić information content (AvgIpc) is 2.39. The van der Waals surface area contributed by atoms with Gasteiger partial charge in [0.25, 0.3) is 0 Å². The molecule has 2 aromatic rings. The molecule has 1 heteroatoms. The quantitative estimate of drug-likeness (QED) is 0.689. The molecule has 94 valence electrons. The van der Waals surface area contributed by atoms with Gasteiger partial charge in [0.1, 0.15) is 0 Å². The van der Waals surface area contributed by atoms with E-state index in [-0.39, 0.29) is 0 Å². The molecule has 2 rings (SSSR count). The van der Waals surface area contributed by atoms with Crippen LogP contribution in [0, 0.1) is 6.92 Å². The molecule has 0 aromatic heterocycles. The van der Waals surface area contributed by atoms with Crippen LogP contribution in [0.1, 0.15) is 29.5 Å². The first-order chi connectivity index (χ1) is 8.70. The zero-order chi connectivity index (χ0) is 13.0. The van der Waals surface area contributed by atoms with Crippen molar-refractivity contribution in [1.82, 2.24) is 0 Å². The fraction of sp³-hybridized carbons (Fsp3) is 0.294. The third kappa shape index (κ3) is 3.17. The summed E-state index contributed by atoms with van der Waals surface area (Å²) in [5, 5.41) is 0. The van der Waals surface area contributed by atoms with Crippen molar-refractivity contribution >= 4 is 11.8 Å². The first-order valence-electron chi connectivity index (χ1n) is 6.39. The minimum atomic E-state index is 0.573. The van der Waals surface area contributed by atoms with Gasteiger partial charge in [-0.3, -0.25) is 0 Å². The van der Waals surface area contributed by atoms with Gasteiger partial charge in [0.15, 0.2) is 0 Å². The van der Waals surface area contributed by atoms with Gasteiger partial charge in [0.2, 0.25) is 0 Å². The topological polar surface area (TPSA) is 0 Å². The summed E-state index contributed by atoms with van der Waals surface area (Å²) in [6, 6.07) is 17.6. The van der Waals surface area contributed by atoms with E-state index in [2.05, 4.69) is 68.6 Å². The van der Waals surface area contributed by atoms with Crippen LogP contribution in [0.5, 0.6) is 0 Å². The fourth-order valence-corrected chi connectivity index (χ4v) is 2.89. The standard InChI is InChI=1S/C17H20S/c1-13-7-4-5-10-17(13)14(2)11-15-8-6-9-16(12-15)18-3/h4-10,12,14H,11H2,1-3H3. The zero-order valence-corrected chi connectivity index (χ0v) is 12.1. The van der Waals surface area contributed by atoms with Gasteiger partial charge in [0.05, 0.1) is 0 Å². The summed E-state index contributed by atoms with van der Waals surface area (Å²) >= 11 is 1.81. The van der Waals surface area contributed by atoms with Crippen molar-refractivity contribution in [2.75, 3.05) is 6.26 Å². The fourth-order valence-electron chi connectivity index (χ4n) is 2.40. The van der Waals surface area contributed by atoms with Crippen molar-refractivity contribution in [3.63, 3.8) is 0 Å². The van der Waals surface area contributed by atoms with Crippen molar-refractivity contribution < 1.29 is 0 Å². The summed E-state index contributed by atoms with van der Waals surface area (Å²) in [5.74, 6) is 0.573. The summed E-state index contributed by atoms with van der Waals surface area (Å²) in [6.07, 6.45) is 3.24. The predicted molar refractivity (Wildman–Crippen MR) is 81.5 cm³/mol. The van der Waals surface area contributed by atoms with Crippen LogP contribution in [0.3, 0.4) is 0 Å². The van der Waals surface area contributed by atoms with E-state index in [1.54, 1.807) is 0 Å². The van der Waals surface area contributed by atoms with Crippen molar-refractivity contribution in [2.45, 2.75) is 31.1 Å². The van der Waals surface area contributed by atoms with Crippen molar-refractivity contribution in [3.8, 4) is 0 Å². The molecule has 0 aliphatic rings. The van der Waals surface area contributed by atoms with E-state index in [4.69, 9.17) is 0 Å². The Kier molecular flexibility index (Phi) is 4.48. The molecule has 0 nitrogen and oxygen atoms in total. The summed E-state index contributed by atoms with van der Waals surface area (Å²) in [4.78, 5) is 1.35. The van der Waals surface area contributed by atoms with Crippen LogP contribution in [0.15, 0.2) is 53.4 Å². The number of hydrogen-bond acceptors (Lipinski definition) is 1. The summed E-state index contributed by atoms with van der Waals surface area (Å²) in [6.45, 7) is 4.51. The van der Waals surface area contributed by atoms with E-state index < -0.39 is 0 Å². The van der Waals surface area contributed by atoms with Crippen molar-refractivity contribution in [3.05, 3.63) is 65.2 Å². The van der Waals surface area contributed by atoms with E-state index in [9.17, 15) is 0 Å². The molecule has 0 fully saturated rings. The molecule has 18 heavy (non-hydrogen) atoms. The summed E-state index contributed by atoms with van der Waals surface area (Å²) < 4.78 is 0. The molecule has 0 radical (unpaired) electrons. The highest BCUT2D eigenvalue weighted by atomic mass is 32.2. The minimum Gasteiger partial charge on any atom is -0.130 e. The SMILES string of the molecule is CSc1cccc(CC(C)c2ccccc2C)c1. The smallest absolute Gasteiger partial charge is 0.00718 e. The normalized spacial score (nSPS) is 12.4. The van der Waals surface area contributed by atoms with E-state index in [1.165, 1.54) is 21.6 Å². The second kappa shape index (κ2) is 6.10. The van der Waals surface area contributed by atoms with E-state index in [1.807, 2.05) is 11.8 Å². The van der Waals surface area contributed by atoms with Gasteiger partial charge in [0, 0.05) is 4.90 Å². The number of hydrogen-bond donors (Lipinski definition) is 0. The lowest BCUT2D eigenvalue weighted by atomic mass is 9.91. The van der Waals surface area contributed by atoms with Crippen LogP contribution in [0.2, 0.25) is 0 Å². The van der Waals surface area contributed by atoms with Crippen LogP contribution in [0.25, 0.3) is 0 Å². The lowest BCUT2D eigenvalue weighted by molar-refractivity contribution is 0.752. The molecule has 1 atom stereocenters. The molecular weight excluding hydrogens is 236 g/mol. The maximum atomic E-state index is 2.31. The summed E-state index contributed by atoms with van der Waals surface area (Å²) in [5.41, 5.74) is 4.29. The molecule has 0 heterocycles. The third-order valence-electron chi connectivity index (χ3n) is 3.40. The molecule has 2 aromatic carbocycles. The molecule has 1 unspecified atom stereocenters. The highest BCUT2D eigenvalue weighted by Gasteiger charge is 2.09. The van der Waals surface area contributed by atoms with Crippen molar-refractivity contribution in [2.24, 2.45) is 0 Å². The molecular formula is C17H20S. The molecule has 0 spiro atoms. The third-order valence-corrected chi connectivity index (χ3v) is 4.12. The van der Waals surface area contributed by atoms with Crippen LogP contribution in [-0.4, -0.2) is 6.26 Å². The molecule has 0 saturated carbocycles. The lowest BCUT2D eigenvalue weighted by Crippen LogP contribution is -2.00. The lowest BCUT2D eigenvalue weighted by Gasteiger charge is -2.15. The van der Waals surface area contributed by atoms with Gasteiger partial charge >= 0.3 is 0 Å². The van der Waals surface area contributed by atoms with Gasteiger partial charge < -0.3 is 0 Å². The molecule has 0 saturated heterocycles. The van der Waals surface area contributed by atoms with Crippen LogP contribution in [-0.2, 0) is 6.42 Å². The average molecular weight is 256 g/mol. The predicted octanol–water partition coefficient (Wildman–Crippen LogP) is 5.06. The number of benzene rings is 2. The first kappa shape index (κ1) is 13.2. The Morgan fingerprint density at radius 1 is 1.06 bits per heavy atom. The first-order valence-corrected chi connectivity index (χ1v) is 7.61. The van der Waals surface area contributed by atoms with E-state index in [0.717, 1.165) is 6.42 Å². The molecule has 0 bridgehead atoms. The van der Waals surface area contributed by atoms with Gasteiger partial charge in [-0.25, -0.2) is 0 Å². The Morgan fingerprint density at radius 3 is 2.56 bits per heavy atom. The molecule has 0 amide bonds. The Bertz CT molecular complexity index is 517. The summed E-state index contributed by atoms with van der Waals surface area (Å²) in [7, 11) is 0. The van der Waals surface area contributed by atoms with Gasteiger partial charge in [-0.2, -0.15) is 0 Å². The monoisotopic (exact) mass is 256 g/mol.